The van der Waals surface area contributed by atoms with E-state index in [1.807, 2.05) is 0 Å². The smallest absolute Gasteiger partial charge is 0.337 e. The fourth-order valence-corrected chi connectivity index (χ4v) is 4.09. The van der Waals surface area contributed by atoms with Gasteiger partial charge in [-0.25, -0.2) is 14.2 Å². The van der Waals surface area contributed by atoms with Gasteiger partial charge in [-0.2, -0.15) is 0 Å². The second-order valence-electron chi connectivity index (χ2n) is 7.94. The Kier molecular flexibility index (Phi) is 6.65. The van der Waals surface area contributed by atoms with Crippen molar-refractivity contribution in [3.8, 4) is 0 Å². The maximum atomic E-state index is 13.5. The molecule has 30 heavy (non-hydrogen) atoms. The lowest BCUT2D eigenvalue weighted by Gasteiger charge is -2.29. The van der Waals surface area contributed by atoms with Crippen LogP contribution in [0.2, 0.25) is 0 Å². The monoisotopic (exact) mass is 431 g/mol. The molecule has 6 nitrogen and oxygen atoms in total. The van der Waals surface area contributed by atoms with Gasteiger partial charge in [-0.1, -0.05) is 37.7 Å². The molecule has 0 bridgehead atoms. The molecule has 1 atom stereocenters. The molecule has 2 heterocycles. The molecule has 0 spiro atoms. The van der Waals surface area contributed by atoms with Crippen molar-refractivity contribution >= 4 is 23.5 Å². The van der Waals surface area contributed by atoms with Gasteiger partial charge in [0.25, 0.3) is 5.56 Å². The molecule has 2 aromatic rings. The average Bonchev–Trinajstić information content (AvgIpc) is 2.65. The molecule has 0 fully saturated rings. The zero-order chi connectivity index (χ0) is 22.0. The van der Waals surface area contributed by atoms with E-state index in [-0.39, 0.29) is 11.7 Å². The van der Waals surface area contributed by atoms with E-state index in [1.165, 1.54) is 23.9 Å². The van der Waals surface area contributed by atoms with E-state index in [0.717, 1.165) is 5.75 Å². The van der Waals surface area contributed by atoms with Gasteiger partial charge in [0.2, 0.25) is 0 Å². The van der Waals surface area contributed by atoms with Gasteiger partial charge in [0.05, 0.1) is 23.2 Å². The predicted octanol–water partition coefficient (Wildman–Crippen LogP) is 4.44. The molecule has 3 rings (SSSR count). The summed E-state index contributed by atoms with van der Waals surface area (Å²) in [6.07, 6.45) is -0.320. The number of ether oxygens (including phenoxy) is 1. The van der Waals surface area contributed by atoms with Crippen LogP contribution < -0.4 is 10.9 Å². The molecule has 0 saturated carbocycles. The van der Waals surface area contributed by atoms with Gasteiger partial charge in [-0.3, -0.25) is 4.79 Å². The number of carbonyl (C=O) groups is 1. The molecule has 8 heteroatoms. The van der Waals surface area contributed by atoms with Crippen LogP contribution in [-0.4, -0.2) is 27.8 Å². The largest absolute Gasteiger partial charge is 0.460 e. The minimum absolute atomic E-state index is 0.316. The number of benzene rings is 1. The Morgan fingerprint density at radius 2 is 1.90 bits per heavy atom. The van der Waals surface area contributed by atoms with E-state index in [0.29, 0.717) is 39.3 Å². The molecular formula is C22H26FN3O3S. The standard InChI is InChI=1S/C22H26FN3O3S/c1-11(2)10-30-22-25-19-18(20(27)26-22)17(14-6-8-15(23)9-7-14)16(13(5)24-19)21(28)29-12(3)4/h6-9,11-12,17H,10H2,1-5H3,(H2,24,25,26,27)/t17-/m1/s1. The van der Waals surface area contributed by atoms with E-state index in [2.05, 4.69) is 29.1 Å². The van der Waals surface area contributed by atoms with E-state index in [9.17, 15) is 14.0 Å². The summed E-state index contributed by atoms with van der Waals surface area (Å²) in [6, 6.07) is 5.77. The lowest BCUT2D eigenvalue weighted by Crippen LogP contribution is -2.31. The molecule has 0 saturated heterocycles. The van der Waals surface area contributed by atoms with E-state index in [1.54, 1.807) is 32.9 Å². The van der Waals surface area contributed by atoms with Crippen LogP contribution in [0, 0.1) is 11.7 Å². The average molecular weight is 432 g/mol. The first-order chi connectivity index (χ1) is 14.2. The first-order valence-electron chi connectivity index (χ1n) is 9.88. The van der Waals surface area contributed by atoms with Crippen molar-refractivity contribution in [3.63, 3.8) is 0 Å². The van der Waals surface area contributed by atoms with Crippen LogP contribution in [0.1, 0.15) is 51.7 Å². The van der Waals surface area contributed by atoms with Crippen molar-refractivity contribution < 1.29 is 13.9 Å². The SMILES string of the molecule is CC1=C(C(=O)OC(C)C)[C@@H](c2ccc(F)cc2)c2c(nc(SCC(C)C)[nH]c2=O)N1. The van der Waals surface area contributed by atoms with Crippen LogP contribution in [0.25, 0.3) is 0 Å². The third-order valence-corrected chi connectivity index (χ3v) is 5.84. The number of thioether (sulfide) groups is 1. The number of esters is 1. The lowest BCUT2D eigenvalue weighted by atomic mass is 9.82. The number of aromatic nitrogens is 2. The second kappa shape index (κ2) is 9.04. The van der Waals surface area contributed by atoms with Gasteiger partial charge >= 0.3 is 5.97 Å². The summed E-state index contributed by atoms with van der Waals surface area (Å²) >= 11 is 1.47. The predicted molar refractivity (Wildman–Crippen MR) is 116 cm³/mol. The van der Waals surface area contributed by atoms with Gasteiger partial charge in [0.15, 0.2) is 5.16 Å². The highest BCUT2D eigenvalue weighted by Crippen LogP contribution is 2.40. The number of nitrogens with zero attached hydrogens (tertiary/aromatic N) is 1. The van der Waals surface area contributed by atoms with E-state index in [4.69, 9.17) is 4.74 Å². The van der Waals surface area contributed by atoms with Crippen molar-refractivity contribution in [1.82, 2.24) is 9.97 Å². The number of fused-ring (bicyclic) bond motifs is 1. The van der Waals surface area contributed by atoms with Crippen LogP contribution in [0.15, 0.2) is 45.5 Å². The van der Waals surface area contributed by atoms with Crippen LogP contribution in [-0.2, 0) is 9.53 Å². The number of anilines is 1. The first kappa shape index (κ1) is 22.1. The Labute approximate surface area is 179 Å². The summed E-state index contributed by atoms with van der Waals surface area (Å²) in [4.78, 5) is 33.4. The number of carbonyl (C=O) groups excluding carboxylic acids is 1. The topological polar surface area (TPSA) is 84.1 Å². The summed E-state index contributed by atoms with van der Waals surface area (Å²) in [5, 5.41) is 3.62. The number of rotatable bonds is 6. The lowest BCUT2D eigenvalue weighted by molar-refractivity contribution is -0.143. The highest BCUT2D eigenvalue weighted by Gasteiger charge is 2.36. The number of nitrogens with one attached hydrogen (secondary N) is 2. The van der Waals surface area contributed by atoms with Crippen LogP contribution in [0.5, 0.6) is 0 Å². The number of H-pyrrole nitrogens is 1. The Morgan fingerprint density at radius 3 is 2.50 bits per heavy atom. The summed E-state index contributed by atoms with van der Waals surface area (Å²) in [7, 11) is 0. The normalized spacial score (nSPS) is 15.9. The van der Waals surface area contributed by atoms with Gasteiger partial charge < -0.3 is 15.0 Å². The molecule has 0 unspecified atom stereocenters. The minimum atomic E-state index is -0.714. The molecule has 0 radical (unpaired) electrons. The van der Waals surface area contributed by atoms with E-state index >= 15 is 0 Å². The number of allylic oxidation sites excluding steroid dienone is 1. The quantitative estimate of drug-likeness (QED) is 0.400. The molecule has 0 amide bonds. The summed E-state index contributed by atoms with van der Waals surface area (Å²) < 4.78 is 19.0. The maximum Gasteiger partial charge on any atom is 0.337 e. The van der Waals surface area contributed by atoms with Gasteiger partial charge in [0, 0.05) is 11.4 Å². The van der Waals surface area contributed by atoms with Crippen molar-refractivity contribution in [2.75, 3.05) is 11.1 Å². The van der Waals surface area contributed by atoms with Gasteiger partial charge in [0.1, 0.15) is 11.6 Å². The molecule has 0 aliphatic carbocycles. The Morgan fingerprint density at radius 1 is 1.23 bits per heavy atom. The fraction of sp³-hybridized carbons (Fsp3) is 0.409. The third kappa shape index (κ3) is 4.75. The highest BCUT2D eigenvalue weighted by atomic mass is 32.2. The number of hydrogen-bond acceptors (Lipinski definition) is 6. The van der Waals surface area contributed by atoms with Crippen LogP contribution >= 0.6 is 11.8 Å². The minimum Gasteiger partial charge on any atom is -0.460 e. The molecule has 1 aliphatic rings. The summed E-state index contributed by atoms with van der Waals surface area (Å²) in [5.41, 5.74) is 1.47. The van der Waals surface area contributed by atoms with Gasteiger partial charge in [-0.05, 0) is 44.4 Å². The zero-order valence-corrected chi connectivity index (χ0v) is 18.5. The fourth-order valence-electron chi connectivity index (χ4n) is 3.28. The first-order valence-corrected chi connectivity index (χ1v) is 10.9. The second-order valence-corrected chi connectivity index (χ2v) is 8.95. The van der Waals surface area contributed by atoms with Gasteiger partial charge in [-0.15, -0.1) is 0 Å². The Balaban J connectivity index is 2.14. The third-order valence-electron chi connectivity index (χ3n) is 4.54. The van der Waals surface area contributed by atoms with Crippen molar-refractivity contribution in [2.24, 2.45) is 5.92 Å². The molecule has 1 aliphatic heterocycles. The summed E-state index contributed by atoms with van der Waals surface area (Å²) in [5.74, 6) is 0.0194. The van der Waals surface area contributed by atoms with Crippen molar-refractivity contribution in [3.05, 3.63) is 62.8 Å². The zero-order valence-electron chi connectivity index (χ0n) is 17.7. The molecule has 1 aromatic carbocycles. The van der Waals surface area contributed by atoms with Crippen molar-refractivity contribution in [2.45, 2.75) is 51.8 Å². The molecule has 2 N–H and O–H groups in total. The van der Waals surface area contributed by atoms with Crippen molar-refractivity contribution in [1.29, 1.82) is 0 Å². The Hall–Kier alpha value is -2.61. The molecular weight excluding hydrogens is 405 g/mol. The molecule has 1 aromatic heterocycles. The van der Waals surface area contributed by atoms with E-state index < -0.39 is 17.7 Å². The number of aromatic amines is 1. The molecule has 160 valence electrons. The Bertz CT molecular complexity index is 1030. The number of hydrogen-bond donors (Lipinski definition) is 2. The maximum absolute atomic E-state index is 13.5. The highest BCUT2D eigenvalue weighted by molar-refractivity contribution is 7.99. The number of halogens is 1. The van der Waals surface area contributed by atoms with Crippen LogP contribution in [0.4, 0.5) is 10.2 Å². The summed E-state index contributed by atoms with van der Waals surface area (Å²) in [6.45, 7) is 9.45. The van der Waals surface area contributed by atoms with Crippen LogP contribution in [0.3, 0.4) is 0 Å².